The van der Waals surface area contributed by atoms with Gasteiger partial charge in [-0.1, -0.05) is 30.3 Å². The number of aromatic nitrogens is 1. The number of benzene rings is 1. The van der Waals surface area contributed by atoms with Gasteiger partial charge in [0.1, 0.15) is 24.2 Å². The molecule has 2 aliphatic heterocycles. The highest BCUT2D eigenvalue weighted by atomic mass is 16.5. The number of anilines is 1. The van der Waals surface area contributed by atoms with E-state index in [2.05, 4.69) is 6.07 Å². The average molecular weight is 487 g/mol. The van der Waals surface area contributed by atoms with Gasteiger partial charge in [-0.25, -0.2) is 9.78 Å². The Morgan fingerprint density at radius 2 is 2.03 bits per heavy atom. The molecule has 0 radical (unpaired) electrons. The van der Waals surface area contributed by atoms with Crippen LogP contribution in [0.1, 0.15) is 34.0 Å². The van der Waals surface area contributed by atoms with Crippen molar-refractivity contribution in [2.24, 2.45) is 0 Å². The van der Waals surface area contributed by atoms with E-state index in [0.29, 0.717) is 43.1 Å². The van der Waals surface area contributed by atoms with Crippen molar-refractivity contribution in [2.45, 2.75) is 26.0 Å². The van der Waals surface area contributed by atoms with Crippen LogP contribution in [0.2, 0.25) is 0 Å². The van der Waals surface area contributed by atoms with Gasteiger partial charge in [-0.15, -0.1) is 0 Å². The lowest BCUT2D eigenvalue weighted by Gasteiger charge is -2.41. The Balaban J connectivity index is 1.56. The number of esters is 1. The number of piperazine rings is 1. The van der Waals surface area contributed by atoms with Crippen molar-refractivity contribution in [3.05, 3.63) is 71.2 Å². The summed E-state index contributed by atoms with van der Waals surface area (Å²) in [5.41, 5.74) is 4.41. The summed E-state index contributed by atoms with van der Waals surface area (Å²) < 4.78 is 16.1. The van der Waals surface area contributed by atoms with Crippen LogP contribution in [0.5, 0.6) is 0 Å². The molecule has 1 atom stereocenters. The molecular formula is C27H26N4O5. The molecule has 5 rings (SSSR count). The summed E-state index contributed by atoms with van der Waals surface area (Å²) in [4.78, 5) is 34.5. The zero-order valence-corrected chi connectivity index (χ0v) is 20.0. The first-order valence-electron chi connectivity index (χ1n) is 12.0. The van der Waals surface area contributed by atoms with Gasteiger partial charge in [0.2, 0.25) is 0 Å². The number of rotatable bonds is 5. The van der Waals surface area contributed by atoms with E-state index in [0.717, 1.165) is 22.4 Å². The largest absolute Gasteiger partial charge is 0.472 e. The Bertz CT molecular complexity index is 1300. The number of nitriles is 1. The fourth-order valence-corrected chi connectivity index (χ4v) is 4.83. The van der Waals surface area contributed by atoms with Gasteiger partial charge in [0, 0.05) is 24.2 Å². The monoisotopic (exact) mass is 486 g/mol. The van der Waals surface area contributed by atoms with Crippen LogP contribution in [0.4, 0.5) is 5.82 Å². The lowest BCUT2D eigenvalue weighted by Crippen LogP contribution is -2.59. The van der Waals surface area contributed by atoms with Crippen molar-refractivity contribution in [1.82, 2.24) is 9.88 Å². The molecule has 9 nitrogen and oxygen atoms in total. The van der Waals surface area contributed by atoms with Crippen LogP contribution >= 0.6 is 0 Å². The zero-order valence-electron chi connectivity index (χ0n) is 20.0. The number of furan rings is 1. The first kappa shape index (κ1) is 23.6. The lowest BCUT2D eigenvalue weighted by atomic mass is 9.93. The van der Waals surface area contributed by atoms with Gasteiger partial charge in [-0.3, -0.25) is 4.79 Å². The lowest BCUT2D eigenvalue weighted by molar-refractivity contribution is -0.148. The van der Waals surface area contributed by atoms with Crippen LogP contribution in [0.25, 0.3) is 11.3 Å². The number of nitrogens with zero attached hydrogens (tertiary/aromatic N) is 4. The molecule has 3 aromatic rings. The van der Waals surface area contributed by atoms with E-state index in [-0.39, 0.29) is 25.6 Å². The number of ether oxygens (including phenoxy) is 2. The molecule has 2 aromatic heterocycles. The van der Waals surface area contributed by atoms with Crippen molar-refractivity contribution < 1.29 is 23.5 Å². The quantitative estimate of drug-likeness (QED) is 0.506. The highest BCUT2D eigenvalue weighted by molar-refractivity contribution is 5.97. The summed E-state index contributed by atoms with van der Waals surface area (Å²) in [6, 6.07) is 12.9. The number of carbonyl (C=O) groups excluding carboxylic acids is 2. The Hall–Kier alpha value is -4.16. The summed E-state index contributed by atoms with van der Waals surface area (Å²) in [7, 11) is 0. The smallest absolute Gasteiger partial charge is 0.330 e. The second-order valence-corrected chi connectivity index (χ2v) is 8.62. The molecule has 2 aliphatic rings. The van der Waals surface area contributed by atoms with Gasteiger partial charge in [0.25, 0.3) is 5.91 Å². The van der Waals surface area contributed by atoms with Gasteiger partial charge in [0.05, 0.1) is 49.4 Å². The van der Waals surface area contributed by atoms with E-state index in [1.807, 2.05) is 35.2 Å². The van der Waals surface area contributed by atoms with Crippen LogP contribution < -0.4 is 4.90 Å². The summed E-state index contributed by atoms with van der Waals surface area (Å²) in [6.45, 7) is 3.67. The Morgan fingerprint density at radius 3 is 2.75 bits per heavy atom. The first-order valence-corrected chi connectivity index (χ1v) is 12.0. The summed E-state index contributed by atoms with van der Waals surface area (Å²) >= 11 is 0. The molecule has 0 aliphatic carbocycles. The highest BCUT2D eigenvalue weighted by Crippen LogP contribution is 2.35. The summed E-state index contributed by atoms with van der Waals surface area (Å²) in [5, 5.41) is 10.2. The molecule has 4 heterocycles. The Kier molecular flexibility index (Phi) is 6.69. The number of hydrogen-bond acceptors (Lipinski definition) is 8. The SMILES string of the molecule is CCOC(=O)C1CN(c2nc(-c3ccccc3)c3c(c2C#N)CCOC3)CCN1C(=O)c1ccoc1. The van der Waals surface area contributed by atoms with Gasteiger partial charge in [0.15, 0.2) is 0 Å². The molecule has 1 fully saturated rings. The normalized spacial score (nSPS) is 17.3. The molecule has 1 unspecified atom stereocenters. The highest BCUT2D eigenvalue weighted by Gasteiger charge is 2.39. The summed E-state index contributed by atoms with van der Waals surface area (Å²) in [5.74, 6) is -0.281. The van der Waals surface area contributed by atoms with Crippen LogP contribution in [-0.4, -0.2) is 60.7 Å². The molecule has 184 valence electrons. The van der Waals surface area contributed by atoms with Crippen LogP contribution in [0.3, 0.4) is 0 Å². The van der Waals surface area contributed by atoms with Gasteiger partial charge in [-0.2, -0.15) is 5.26 Å². The van der Waals surface area contributed by atoms with Gasteiger partial charge >= 0.3 is 5.97 Å². The fraction of sp³-hybridized carbons (Fsp3) is 0.333. The summed E-state index contributed by atoms with van der Waals surface area (Å²) in [6.07, 6.45) is 3.39. The van der Waals surface area contributed by atoms with Gasteiger partial charge < -0.3 is 23.7 Å². The van der Waals surface area contributed by atoms with Crippen molar-refractivity contribution in [2.75, 3.05) is 37.7 Å². The maximum absolute atomic E-state index is 13.1. The minimum Gasteiger partial charge on any atom is -0.472 e. The number of amides is 1. The molecule has 1 amide bonds. The third-order valence-corrected chi connectivity index (χ3v) is 6.56. The third-order valence-electron chi connectivity index (χ3n) is 6.56. The van der Waals surface area contributed by atoms with E-state index in [9.17, 15) is 14.9 Å². The molecule has 0 spiro atoms. The molecular weight excluding hydrogens is 460 g/mol. The molecule has 1 aromatic carbocycles. The van der Waals surface area contributed by atoms with E-state index in [1.54, 1.807) is 13.0 Å². The number of pyridine rings is 1. The number of fused-ring (bicyclic) bond motifs is 1. The van der Waals surface area contributed by atoms with E-state index in [1.165, 1.54) is 17.4 Å². The van der Waals surface area contributed by atoms with E-state index in [4.69, 9.17) is 18.9 Å². The minimum atomic E-state index is -0.853. The van der Waals surface area contributed by atoms with Crippen molar-refractivity contribution in [1.29, 1.82) is 5.26 Å². The Morgan fingerprint density at radius 1 is 1.19 bits per heavy atom. The average Bonchev–Trinajstić information content (AvgIpc) is 3.47. The molecule has 36 heavy (non-hydrogen) atoms. The predicted octanol–water partition coefficient (Wildman–Crippen LogP) is 3.18. The van der Waals surface area contributed by atoms with Crippen LogP contribution in [0, 0.1) is 11.3 Å². The standard InChI is InChI=1S/C27H26N4O5/c1-2-36-27(33)23-15-30(10-11-31(23)26(32)19-8-12-34-16-19)25-21(14-28)20-9-13-35-17-22(20)24(29-25)18-6-4-3-5-7-18/h3-8,12,16,23H,2,9-11,13,15,17H2,1H3. The number of hydrogen-bond donors (Lipinski definition) is 0. The second kappa shape index (κ2) is 10.2. The van der Waals surface area contributed by atoms with Gasteiger partial charge in [-0.05, 0) is 25.0 Å². The number of carbonyl (C=O) groups is 2. The Labute approximate surface area is 208 Å². The van der Waals surface area contributed by atoms with Crippen LogP contribution in [-0.2, 0) is 27.3 Å². The first-order chi connectivity index (χ1) is 17.6. The molecule has 0 bridgehead atoms. The zero-order chi connectivity index (χ0) is 25.1. The second-order valence-electron chi connectivity index (χ2n) is 8.62. The van der Waals surface area contributed by atoms with Crippen molar-refractivity contribution >= 4 is 17.7 Å². The third kappa shape index (κ3) is 4.32. The fourth-order valence-electron chi connectivity index (χ4n) is 4.83. The minimum absolute atomic E-state index is 0.160. The maximum Gasteiger partial charge on any atom is 0.330 e. The predicted molar refractivity (Wildman–Crippen MR) is 130 cm³/mol. The van der Waals surface area contributed by atoms with E-state index >= 15 is 0 Å². The van der Waals surface area contributed by atoms with Crippen molar-refractivity contribution in [3.8, 4) is 17.3 Å². The van der Waals surface area contributed by atoms with Crippen molar-refractivity contribution in [3.63, 3.8) is 0 Å². The maximum atomic E-state index is 13.1. The van der Waals surface area contributed by atoms with E-state index < -0.39 is 12.0 Å². The molecule has 0 saturated carbocycles. The molecule has 0 N–H and O–H groups in total. The topological polar surface area (TPSA) is 109 Å². The van der Waals surface area contributed by atoms with Crippen LogP contribution in [0.15, 0.2) is 53.3 Å². The molecule has 1 saturated heterocycles. The molecule has 9 heteroatoms.